The van der Waals surface area contributed by atoms with Crippen LogP contribution in [0.3, 0.4) is 0 Å². The van der Waals surface area contributed by atoms with E-state index in [1.165, 1.54) is 0 Å². The molecule has 0 atom stereocenters. The van der Waals surface area contributed by atoms with Gasteiger partial charge >= 0.3 is 0 Å². The van der Waals surface area contributed by atoms with E-state index in [9.17, 15) is 0 Å². The molecular weight excluding hydrogens is 156 g/mol. The average molecular weight is 164 g/mol. The fraction of sp³-hybridized carbons (Fsp3) is 0.250. The summed E-state index contributed by atoms with van der Waals surface area (Å²) in [6.45, 7) is 2.09. The molecule has 0 N–H and O–H groups in total. The maximum absolute atomic E-state index is 4.41. The normalized spacial score (nSPS) is 10.6. The topological polar surface area (TPSA) is 25.8 Å². The van der Waals surface area contributed by atoms with Crippen LogP contribution in [-0.4, -0.2) is 9.97 Å². The highest BCUT2D eigenvalue weighted by Crippen LogP contribution is 2.15. The molecule has 3 heteroatoms. The zero-order valence-corrected chi connectivity index (χ0v) is 7.06. The molecule has 2 nitrogen and oxygen atoms in total. The second-order valence-corrected chi connectivity index (χ2v) is 3.22. The molecule has 0 saturated heterocycles. The summed E-state index contributed by atoms with van der Waals surface area (Å²) < 4.78 is 0. The maximum Gasteiger partial charge on any atom is 0.142 e. The van der Waals surface area contributed by atoms with Gasteiger partial charge < -0.3 is 0 Å². The molecule has 0 fully saturated rings. The molecule has 0 amide bonds. The van der Waals surface area contributed by atoms with Crippen molar-refractivity contribution in [2.24, 2.45) is 0 Å². The number of aromatic nitrogens is 2. The smallest absolute Gasteiger partial charge is 0.142 e. The first-order valence-corrected chi connectivity index (χ1v) is 4.47. The molecule has 0 aliphatic rings. The first kappa shape index (κ1) is 6.73. The second kappa shape index (κ2) is 2.58. The van der Waals surface area contributed by atoms with Gasteiger partial charge in [-0.3, -0.25) is 4.98 Å². The molecular formula is C8H8N2S. The molecule has 0 spiro atoms. The molecule has 2 aromatic rings. The molecule has 0 radical (unpaired) electrons. The van der Waals surface area contributed by atoms with Crippen LogP contribution in [-0.2, 0) is 6.42 Å². The van der Waals surface area contributed by atoms with E-state index in [0.29, 0.717) is 0 Å². The van der Waals surface area contributed by atoms with Crippen LogP contribution in [0, 0.1) is 0 Å². The van der Waals surface area contributed by atoms with Crippen molar-refractivity contribution in [3.05, 3.63) is 23.3 Å². The molecule has 0 saturated carbocycles. The van der Waals surface area contributed by atoms with E-state index in [1.807, 2.05) is 17.6 Å². The molecule has 2 heterocycles. The van der Waals surface area contributed by atoms with Crippen molar-refractivity contribution in [2.45, 2.75) is 13.3 Å². The summed E-state index contributed by atoms with van der Waals surface area (Å²) in [7, 11) is 0. The Hall–Kier alpha value is -0.960. The van der Waals surface area contributed by atoms with Crippen molar-refractivity contribution < 1.29 is 0 Å². The van der Waals surface area contributed by atoms with Crippen molar-refractivity contribution in [3.63, 3.8) is 0 Å². The van der Waals surface area contributed by atoms with Gasteiger partial charge in [-0.1, -0.05) is 6.92 Å². The van der Waals surface area contributed by atoms with E-state index in [2.05, 4.69) is 16.9 Å². The van der Waals surface area contributed by atoms with Crippen LogP contribution in [0.1, 0.15) is 12.6 Å². The third-order valence-electron chi connectivity index (χ3n) is 1.58. The van der Waals surface area contributed by atoms with Crippen molar-refractivity contribution >= 4 is 21.7 Å². The van der Waals surface area contributed by atoms with Gasteiger partial charge in [-0.15, -0.1) is 11.3 Å². The summed E-state index contributed by atoms with van der Waals surface area (Å²) >= 11 is 1.64. The summed E-state index contributed by atoms with van der Waals surface area (Å²) in [5, 5.41) is 2.02. The van der Waals surface area contributed by atoms with Gasteiger partial charge in [-0.2, -0.15) is 0 Å². The zero-order chi connectivity index (χ0) is 7.68. The van der Waals surface area contributed by atoms with Gasteiger partial charge in [-0.25, -0.2) is 4.98 Å². The molecule has 0 bridgehead atoms. The number of hydrogen-bond donors (Lipinski definition) is 0. The lowest BCUT2D eigenvalue weighted by molar-refractivity contribution is 1.04. The monoisotopic (exact) mass is 164 g/mol. The van der Waals surface area contributed by atoms with Crippen LogP contribution in [0.4, 0.5) is 0 Å². The van der Waals surface area contributed by atoms with Gasteiger partial charge in [-0.05, 0) is 17.9 Å². The van der Waals surface area contributed by atoms with Crippen LogP contribution in [0.15, 0.2) is 17.6 Å². The molecule has 0 aromatic carbocycles. The standard InChI is InChI=1S/C8H8N2S/c1-2-6-5-9-7-3-4-11-8(7)10-6/h3-5H,2H2,1H3. The quantitative estimate of drug-likeness (QED) is 0.646. The van der Waals surface area contributed by atoms with E-state index >= 15 is 0 Å². The molecule has 0 aliphatic carbocycles. The van der Waals surface area contributed by atoms with E-state index < -0.39 is 0 Å². The minimum atomic E-state index is 0.959. The van der Waals surface area contributed by atoms with Crippen LogP contribution in [0.5, 0.6) is 0 Å². The summed E-state index contributed by atoms with van der Waals surface area (Å²) in [6.07, 6.45) is 2.80. The number of nitrogens with zero attached hydrogens (tertiary/aromatic N) is 2. The van der Waals surface area contributed by atoms with Gasteiger partial charge in [0.2, 0.25) is 0 Å². The highest BCUT2D eigenvalue weighted by atomic mass is 32.1. The number of aryl methyl sites for hydroxylation is 1. The lowest BCUT2D eigenvalue weighted by Crippen LogP contribution is -1.86. The van der Waals surface area contributed by atoms with Crippen molar-refractivity contribution in [1.29, 1.82) is 0 Å². The van der Waals surface area contributed by atoms with Crippen LogP contribution < -0.4 is 0 Å². The van der Waals surface area contributed by atoms with Gasteiger partial charge in [0.05, 0.1) is 11.2 Å². The van der Waals surface area contributed by atoms with Crippen LogP contribution in [0.25, 0.3) is 10.3 Å². The minimum absolute atomic E-state index is 0.959. The first-order valence-electron chi connectivity index (χ1n) is 3.59. The molecule has 0 unspecified atom stereocenters. The Morgan fingerprint density at radius 1 is 1.55 bits per heavy atom. The lowest BCUT2D eigenvalue weighted by Gasteiger charge is -1.92. The summed E-state index contributed by atoms with van der Waals surface area (Å²) in [5.74, 6) is 0. The number of fused-ring (bicyclic) bond motifs is 1. The Labute approximate surface area is 68.9 Å². The third kappa shape index (κ3) is 1.12. The first-order chi connectivity index (χ1) is 5.40. The van der Waals surface area contributed by atoms with Gasteiger partial charge in [0.15, 0.2) is 0 Å². The van der Waals surface area contributed by atoms with Gasteiger partial charge in [0.25, 0.3) is 0 Å². The summed E-state index contributed by atoms with van der Waals surface area (Å²) in [5.41, 5.74) is 2.08. The average Bonchev–Trinajstić information content (AvgIpc) is 2.50. The van der Waals surface area contributed by atoms with Gasteiger partial charge in [0, 0.05) is 6.20 Å². The summed E-state index contributed by atoms with van der Waals surface area (Å²) in [4.78, 5) is 9.72. The van der Waals surface area contributed by atoms with E-state index in [1.54, 1.807) is 11.3 Å². The van der Waals surface area contributed by atoms with Crippen molar-refractivity contribution in [2.75, 3.05) is 0 Å². The Kier molecular flexibility index (Phi) is 1.58. The zero-order valence-electron chi connectivity index (χ0n) is 6.24. The molecule has 2 rings (SSSR count). The Bertz CT molecular complexity index is 367. The molecule has 11 heavy (non-hydrogen) atoms. The summed E-state index contributed by atoms with van der Waals surface area (Å²) in [6, 6.07) is 1.99. The lowest BCUT2D eigenvalue weighted by atomic mass is 10.3. The Morgan fingerprint density at radius 3 is 3.27 bits per heavy atom. The fourth-order valence-corrected chi connectivity index (χ4v) is 1.69. The van der Waals surface area contributed by atoms with E-state index in [4.69, 9.17) is 0 Å². The number of hydrogen-bond acceptors (Lipinski definition) is 3. The van der Waals surface area contributed by atoms with E-state index in [-0.39, 0.29) is 0 Å². The van der Waals surface area contributed by atoms with Crippen molar-refractivity contribution in [1.82, 2.24) is 9.97 Å². The predicted octanol–water partition coefficient (Wildman–Crippen LogP) is 2.25. The van der Waals surface area contributed by atoms with Gasteiger partial charge in [0.1, 0.15) is 4.83 Å². The predicted molar refractivity (Wildman–Crippen MR) is 46.8 cm³/mol. The third-order valence-corrected chi connectivity index (χ3v) is 2.38. The van der Waals surface area contributed by atoms with E-state index in [0.717, 1.165) is 22.5 Å². The Balaban J connectivity index is 2.67. The van der Waals surface area contributed by atoms with Crippen LogP contribution >= 0.6 is 11.3 Å². The molecule has 2 aromatic heterocycles. The highest BCUT2D eigenvalue weighted by Gasteiger charge is 1.97. The van der Waals surface area contributed by atoms with Crippen molar-refractivity contribution in [3.8, 4) is 0 Å². The second-order valence-electron chi connectivity index (χ2n) is 2.33. The number of rotatable bonds is 1. The number of thiophene rings is 1. The van der Waals surface area contributed by atoms with Crippen LogP contribution in [0.2, 0.25) is 0 Å². The highest BCUT2D eigenvalue weighted by molar-refractivity contribution is 7.16. The molecule has 56 valence electrons. The largest absolute Gasteiger partial charge is 0.252 e. The SMILES string of the molecule is CCc1cnc2ccsc2n1. The minimum Gasteiger partial charge on any atom is -0.252 e. The fourth-order valence-electron chi connectivity index (χ4n) is 0.950. The maximum atomic E-state index is 4.41. The Morgan fingerprint density at radius 2 is 2.45 bits per heavy atom. The molecule has 0 aliphatic heterocycles.